The zero-order chi connectivity index (χ0) is 28.4. The van der Waals surface area contributed by atoms with Gasteiger partial charge in [0.2, 0.25) is 0 Å². The number of aromatic nitrogens is 3. The first-order valence-corrected chi connectivity index (χ1v) is 13.6. The lowest BCUT2D eigenvalue weighted by Gasteiger charge is -2.44. The van der Waals surface area contributed by atoms with Crippen molar-refractivity contribution >= 4 is 0 Å². The molecule has 214 valence electrons. The van der Waals surface area contributed by atoms with Crippen molar-refractivity contribution < 1.29 is 28.4 Å². The first-order valence-electron chi connectivity index (χ1n) is 13.6. The molecular weight excluding hydrogens is 522 g/mol. The maximum atomic E-state index is 6.64. The first kappa shape index (κ1) is 28.6. The van der Waals surface area contributed by atoms with E-state index in [4.69, 9.17) is 28.4 Å². The predicted octanol–water partition coefficient (Wildman–Crippen LogP) is 5.10. The van der Waals surface area contributed by atoms with Crippen molar-refractivity contribution in [1.29, 1.82) is 0 Å². The van der Waals surface area contributed by atoms with E-state index in [-0.39, 0.29) is 18.1 Å². The van der Waals surface area contributed by atoms with E-state index < -0.39 is 24.4 Å². The summed E-state index contributed by atoms with van der Waals surface area (Å²) in [5.41, 5.74) is 3.10. The van der Waals surface area contributed by atoms with E-state index in [2.05, 4.69) is 15.0 Å². The average Bonchev–Trinajstić information content (AvgIpc) is 3.03. The Labute approximate surface area is 240 Å². The number of hydrogen-bond donors (Lipinski definition) is 0. The second-order valence-corrected chi connectivity index (χ2v) is 9.71. The van der Waals surface area contributed by atoms with E-state index in [0.29, 0.717) is 25.6 Å². The van der Waals surface area contributed by atoms with Gasteiger partial charge in [-0.3, -0.25) is 0 Å². The van der Waals surface area contributed by atoms with Crippen LogP contribution in [0.3, 0.4) is 0 Å². The lowest BCUT2D eigenvalue weighted by molar-refractivity contribution is -0.265. The molecule has 1 aliphatic heterocycles. The largest absolute Gasteiger partial charge is 0.467 e. The highest BCUT2D eigenvalue weighted by atomic mass is 16.6. The van der Waals surface area contributed by atoms with E-state index in [9.17, 15) is 0 Å². The quantitative estimate of drug-likeness (QED) is 0.236. The SMILES string of the molecule is COc1nc(OC)nc([C@@H]2O[C@@H](C)[C@H](OCc3ccccc3)[C@@H](OCc3ccccc3)[C@H]2OCc2ccccc2)n1. The molecule has 0 spiro atoms. The fraction of sp³-hybridized carbons (Fsp3) is 0.344. The molecule has 0 radical (unpaired) electrons. The predicted molar refractivity (Wildman–Crippen MR) is 151 cm³/mol. The number of methoxy groups -OCH3 is 2. The van der Waals surface area contributed by atoms with Gasteiger partial charge in [-0.2, -0.15) is 9.97 Å². The summed E-state index contributed by atoms with van der Waals surface area (Å²) in [7, 11) is 2.98. The summed E-state index contributed by atoms with van der Waals surface area (Å²) in [5, 5.41) is 0. The summed E-state index contributed by atoms with van der Waals surface area (Å²) in [6.45, 7) is 3.05. The molecule has 1 fully saturated rings. The second-order valence-electron chi connectivity index (χ2n) is 9.71. The van der Waals surface area contributed by atoms with Crippen molar-refractivity contribution in [3.63, 3.8) is 0 Å². The molecule has 1 saturated heterocycles. The highest BCUT2D eigenvalue weighted by Crippen LogP contribution is 2.37. The van der Waals surface area contributed by atoms with Gasteiger partial charge in [-0.05, 0) is 23.6 Å². The smallest absolute Gasteiger partial charge is 0.322 e. The van der Waals surface area contributed by atoms with Crippen LogP contribution in [-0.2, 0) is 38.8 Å². The van der Waals surface area contributed by atoms with Crippen molar-refractivity contribution in [3.8, 4) is 12.0 Å². The van der Waals surface area contributed by atoms with Gasteiger partial charge in [0.1, 0.15) is 24.4 Å². The Morgan fingerprint density at radius 3 is 1.41 bits per heavy atom. The van der Waals surface area contributed by atoms with Crippen molar-refractivity contribution in [2.24, 2.45) is 0 Å². The molecule has 5 rings (SSSR count). The highest BCUT2D eigenvalue weighted by molar-refractivity contribution is 5.17. The Bertz CT molecular complexity index is 1320. The van der Waals surface area contributed by atoms with Gasteiger partial charge in [-0.25, -0.2) is 0 Å². The summed E-state index contributed by atoms with van der Waals surface area (Å²) >= 11 is 0. The third-order valence-electron chi connectivity index (χ3n) is 6.86. The zero-order valence-electron chi connectivity index (χ0n) is 23.5. The lowest BCUT2D eigenvalue weighted by atomic mass is 9.94. The Morgan fingerprint density at radius 2 is 0.976 bits per heavy atom. The molecule has 0 aliphatic carbocycles. The van der Waals surface area contributed by atoms with E-state index in [1.54, 1.807) is 0 Å². The molecule has 0 unspecified atom stereocenters. The van der Waals surface area contributed by atoms with Crippen LogP contribution in [0.1, 0.15) is 35.5 Å². The van der Waals surface area contributed by atoms with Crippen LogP contribution in [0.15, 0.2) is 91.0 Å². The second kappa shape index (κ2) is 14.1. The Morgan fingerprint density at radius 1 is 0.561 bits per heavy atom. The molecule has 3 aromatic carbocycles. The minimum Gasteiger partial charge on any atom is -0.467 e. The van der Waals surface area contributed by atoms with Gasteiger partial charge in [0.25, 0.3) is 0 Å². The maximum absolute atomic E-state index is 6.64. The van der Waals surface area contributed by atoms with Crippen LogP contribution in [0.5, 0.6) is 12.0 Å². The van der Waals surface area contributed by atoms with Crippen molar-refractivity contribution in [2.45, 2.75) is 57.3 Å². The number of rotatable bonds is 12. The van der Waals surface area contributed by atoms with E-state index in [0.717, 1.165) is 16.7 Å². The number of hydrogen-bond acceptors (Lipinski definition) is 9. The van der Waals surface area contributed by atoms with Gasteiger partial charge in [0.15, 0.2) is 5.82 Å². The average molecular weight is 558 g/mol. The van der Waals surface area contributed by atoms with Crippen molar-refractivity contribution in [1.82, 2.24) is 15.0 Å². The minimum absolute atomic E-state index is 0.120. The van der Waals surface area contributed by atoms with Gasteiger partial charge < -0.3 is 28.4 Å². The van der Waals surface area contributed by atoms with Crippen LogP contribution in [0.25, 0.3) is 0 Å². The molecule has 0 N–H and O–H groups in total. The molecular formula is C32H35N3O6. The molecule has 0 bridgehead atoms. The zero-order valence-corrected chi connectivity index (χ0v) is 23.5. The summed E-state index contributed by atoms with van der Waals surface area (Å²) in [6.07, 6.45) is -2.69. The third kappa shape index (κ3) is 7.45. The molecule has 2 heterocycles. The summed E-state index contributed by atoms with van der Waals surface area (Å²) < 4.78 is 37.0. The summed E-state index contributed by atoms with van der Waals surface area (Å²) in [6, 6.07) is 30.2. The molecule has 0 saturated carbocycles. The molecule has 1 aliphatic rings. The Hall–Kier alpha value is -3.89. The van der Waals surface area contributed by atoms with Crippen molar-refractivity contribution in [3.05, 3.63) is 114 Å². The number of nitrogens with zero attached hydrogens (tertiary/aromatic N) is 3. The maximum Gasteiger partial charge on any atom is 0.322 e. The van der Waals surface area contributed by atoms with Gasteiger partial charge in [0.05, 0.1) is 40.1 Å². The molecule has 0 amide bonds. The van der Waals surface area contributed by atoms with Crippen LogP contribution in [-0.4, -0.2) is 53.6 Å². The Kier molecular flexibility index (Phi) is 9.87. The van der Waals surface area contributed by atoms with Crippen LogP contribution < -0.4 is 9.47 Å². The normalized spacial score (nSPS) is 22.3. The molecule has 9 nitrogen and oxygen atoms in total. The topological polar surface area (TPSA) is 94.1 Å². The first-order chi connectivity index (χ1) is 20.1. The highest BCUT2D eigenvalue weighted by Gasteiger charge is 2.48. The van der Waals surface area contributed by atoms with Crippen molar-refractivity contribution in [2.75, 3.05) is 14.2 Å². The van der Waals surface area contributed by atoms with Gasteiger partial charge in [-0.1, -0.05) is 91.0 Å². The monoisotopic (exact) mass is 557 g/mol. The van der Waals surface area contributed by atoms with Gasteiger partial charge in [0, 0.05) is 0 Å². The molecule has 9 heteroatoms. The molecule has 4 aromatic rings. The fourth-order valence-electron chi connectivity index (χ4n) is 4.79. The standard InChI is InChI=1S/C32H35N3O6/c1-22-26(38-19-23-13-7-4-8-14-23)27(39-20-24-15-9-5-10-16-24)28(40-21-25-17-11-6-12-18-25)29(41-22)30-33-31(36-2)35-32(34-30)37-3/h4-18,22,26-29H,19-21H2,1-3H3/t22-,26-,27+,28+,29+/m0/s1. The van der Waals surface area contributed by atoms with Gasteiger partial charge >= 0.3 is 12.0 Å². The number of benzene rings is 3. The van der Waals surface area contributed by atoms with E-state index >= 15 is 0 Å². The van der Waals surface area contributed by atoms with E-state index in [1.807, 2.05) is 97.9 Å². The molecule has 41 heavy (non-hydrogen) atoms. The van der Waals surface area contributed by atoms with Crippen LogP contribution in [0.2, 0.25) is 0 Å². The minimum atomic E-state index is -0.711. The summed E-state index contributed by atoms with van der Waals surface area (Å²) in [5.74, 6) is 0.327. The van der Waals surface area contributed by atoms with Crippen LogP contribution in [0.4, 0.5) is 0 Å². The third-order valence-corrected chi connectivity index (χ3v) is 6.86. The lowest BCUT2D eigenvalue weighted by Crippen LogP contribution is -2.56. The fourth-order valence-corrected chi connectivity index (χ4v) is 4.79. The molecule has 1 aromatic heterocycles. The van der Waals surface area contributed by atoms with Crippen LogP contribution >= 0.6 is 0 Å². The molecule has 5 atom stereocenters. The Balaban J connectivity index is 1.49. The number of ether oxygens (including phenoxy) is 6. The van der Waals surface area contributed by atoms with E-state index in [1.165, 1.54) is 14.2 Å². The van der Waals surface area contributed by atoms with Gasteiger partial charge in [-0.15, -0.1) is 4.98 Å². The van der Waals surface area contributed by atoms with Crippen LogP contribution in [0, 0.1) is 0 Å². The summed E-state index contributed by atoms with van der Waals surface area (Å²) in [4.78, 5) is 13.2.